The molecule has 0 amide bonds. The molecular formula is C15H12ClF3N2O. The van der Waals surface area contributed by atoms with Crippen LogP contribution in [0, 0.1) is 0 Å². The SMILES string of the molecule is CNN=C(c1ccc(Cl)cc1)c1ccc(OC(F)(F)F)cc1. The van der Waals surface area contributed by atoms with Crippen molar-refractivity contribution in [3.8, 4) is 5.75 Å². The average Bonchev–Trinajstić information content (AvgIpc) is 2.45. The minimum atomic E-state index is -4.71. The van der Waals surface area contributed by atoms with E-state index in [0.29, 0.717) is 16.3 Å². The van der Waals surface area contributed by atoms with Gasteiger partial charge in [-0.3, -0.25) is 0 Å². The maximum absolute atomic E-state index is 12.2. The van der Waals surface area contributed by atoms with E-state index in [0.717, 1.165) is 5.56 Å². The standard InChI is InChI=1S/C15H12ClF3N2O/c1-20-21-14(10-2-6-12(16)7-3-10)11-4-8-13(9-5-11)22-15(17,18)19/h2-9,20H,1H3. The molecule has 0 atom stereocenters. The summed E-state index contributed by atoms with van der Waals surface area (Å²) in [5.74, 6) is -0.281. The van der Waals surface area contributed by atoms with Gasteiger partial charge in [0.1, 0.15) is 5.75 Å². The number of nitrogens with zero attached hydrogens (tertiary/aromatic N) is 1. The summed E-state index contributed by atoms with van der Waals surface area (Å²) < 4.78 is 40.3. The lowest BCUT2D eigenvalue weighted by Crippen LogP contribution is -2.17. The lowest BCUT2D eigenvalue weighted by atomic mass is 10.0. The van der Waals surface area contributed by atoms with Crippen LogP contribution in [0.4, 0.5) is 13.2 Å². The third-order valence-corrected chi connectivity index (χ3v) is 2.95. The molecule has 22 heavy (non-hydrogen) atoms. The van der Waals surface area contributed by atoms with Crippen molar-refractivity contribution in [2.45, 2.75) is 6.36 Å². The largest absolute Gasteiger partial charge is 0.573 e. The minimum absolute atomic E-state index is 0.281. The van der Waals surface area contributed by atoms with E-state index in [-0.39, 0.29) is 5.75 Å². The number of halogens is 4. The smallest absolute Gasteiger partial charge is 0.406 e. The van der Waals surface area contributed by atoms with E-state index in [1.165, 1.54) is 24.3 Å². The molecule has 7 heteroatoms. The molecule has 2 aromatic carbocycles. The quantitative estimate of drug-likeness (QED) is 0.674. The van der Waals surface area contributed by atoms with Gasteiger partial charge in [0.05, 0.1) is 5.71 Å². The van der Waals surface area contributed by atoms with Gasteiger partial charge in [-0.25, -0.2) is 0 Å². The lowest BCUT2D eigenvalue weighted by molar-refractivity contribution is -0.274. The summed E-state index contributed by atoms with van der Waals surface area (Å²) in [6.07, 6.45) is -4.71. The van der Waals surface area contributed by atoms with Crippen molar-refractivity contribution in [2.75, 3.05) is 7.05 Å². The van der Waals surface area contributed by atoms with Gasteiger partial charge in [0.15, 0.2) is 0 Å². The number of nitrogens with one attached hydrogen (secondary N) is 1. The van der Waals surface area contributed by atoms with Gasteiger partial charge in [0.25, 0.3) is 0 Å². The molecule has 0 fully saturated rings. The topological polar surface area (TPSA) is 33.6 Å². The Labute approximate surface area is 130 Å². The fourth-order valence-corrected chi connectivity index (χ4v) is 1.96. The third kappa shape index (κ3) is 4.39. The van der Waals surface area contributed by atoms with E-state index in [1.807, 2.05) is 0 Å². The fraction of sp³-hybridized carbons (Fsp3) is 0.133. The molecule has 3 nitrogen and oxygen atoms in total. The molecule has 0 aromatic heterocycles. The molecule has 116 valence electrons. The molecule has 0 aliphatic carbocycles. The van der Waals surface area contributed by atoms with Crippen molar-refractivity contribution in [3.63, 3.8) is 0 Å². The summed E-state index contributed by atoms with van der Waals surface area (Å²) in [6.45, 7) is 0. The molecule has 0 aliphatic heterocycles. The van der Waals surface area contributed by atoms with Crippen molar-refractivity contribution in [3.05, 3.63) is 64.7 Å². The first kappa shape index (κ1) is 16.2. The van der Waals surface area contributed by atoms with Crippen LogP contribution < -0.4 is 10.2 Å². The molecule has 0 unspecified atom stereocenters. The average molecular weight is 329 g/mol. The van der Waals surface area contributed by atoms with Gasteiger partial charge in [-0.2, -0.15) is 5.10 Å². The van der Waals surface area contributed by atoms with Crippen LogP contribution in [0.5, 0.6) is 5.75 Å². The van der Waals surface area contributed by atoms with Crippen molar-refractivity contribution < 1.29 is 17.9 Å². The van der Waals surface area contributed by atoms with E-state index in [9.17, 15) is 13.2 Å². The van der Waals surface area contributed by atoms with Crippen LogP contribution in [0.2, 0.25) is 5.02 Å². The first-order chi connectivity index (χ1) is 10.4. The van der Waals surface area contributed by atoms with Gasteiger partial charge in [0.2, 0.25) is 0 Å². The van der Waals surface area contributed by atoms with Crippen LogP contribution in [-0.2, 0) is 0 Å². The molecule has 0 saturated heterocycles. The van der Waals surface area contributed by atoms with Crippen LogP contribution in [0.25, 0.3) is 0 Å². The van der Waals surface area contributed by atoms with Crippen LogP contribution in [-0.4, -0.2) is 19.1 Å². The first-order valence-corrected chi connectivity index (χ1v) is 6.63. The summed E-state index contributed by atoms with van der Waals surface area (Å²) in [6, 6.07) is 12.5. The van der Waals surface area contributed by atoms with E-state index < -0.39 is 6.36 Å². The van der Waals surface area contributed by atoms with Crippen molar-refractivity contribution in [2.24, 2.45) is 5.10 Å². The van der Waals surface area contributed by atoms with Crippen LogP contribution in [0.15, 0.2) is 53.6 Å². The highest BCUT2D eigenvalue weighted by atomic mass is 35.5. The fourth-order valence-electron chi connectivity index (χ4n) is 1.83. The summed E-state index contributed by atoms with van der Waals surface area (Å²) in [7, 11) is 1.64. The van der Waals surface area contributed by atoms with Crippen molar-refractivity contribution in [1.29, 1.82) is 0 Å². The Morgan fingerprint density at radius 1 is 1.00 bits per heavy atom. The third-order valence-electron chi connectivity index (χ3n) is 2.70. The van der Waals surface area contributed by atoms with Crippen LogP contribution in [0.1, 0.15) is 11.1 Å². The molecule has 1 N–H and O–H groups in total. The van der Waals surface area contributed by atoms with E-state index in [4.69, 9.17) is 11.6 Å². The number of rotatable bonds is 4. The normalized spacial score (nSPS) is 12.1. The molecule has 2 aromatic rings. The molecule has 0 radical (unpaired) electrons. The van der Waals surface area contributed by atoms with Gasteiger partial charge in [0, 0.05) is 23.2 Å². The second-order valence-electron chi connectivity index (χ2n) is 4.26. The van der Waals surface area contributed by atoms with E-state index in [2.05, 4.69) is 15.3 Å². The summed E-state index contributed by atoms with van der Waals surface area (Å²) in [5.41, 5.74) is 4.68. The Hall–Kier alpha value is -2.21. The zero-order valence-electron chi connectivity index (χ0n) is 11.5. The maximum atomic E-state index is 12.2. The number of ether oxygens (including phenoxy) is 1. The zero-order valence-corrected chi connectivity index (χ0v) is 12.2. The number of hydrogen-bond acceptors (Lipinski definition) is 3. The van der Waals surface area contributed by atoms with E-state index in [1.54, 1.807) is 31.3 Å². The number of benzene rings is 2. The van der Waals surface area contributed by atoms with Gasteiger partial charge < -0.3 is 10.2 Å². The first-order valence-electron chi connectivity index (χ1n) is 6.25. The van der Waals surface area contributed by atoms with Gasteiger partial charge >= 0.3 is 6.36 Å². The van der Waals surface area contributed by atoms with Gasteiger partial charge in [-0.1, -0.05) is 23.7 Å². The highest BCUT2D eigenvalue weighted by Crippen LogP contribution is 2.23. The zero-order chi connectivity index (χ0) is 16.2. The van der Waals surface area contributed by atoms with Gasteiger partial charge in [-0.05, 0) is 36.4 Å². The highest BCUT2D eigenvalue weighted by molar-refractivity contribution is 6.30. The predicted molar refractivity (Wildman–Crippen MR) is 79.3 cm³/mol. The number of hydrogen-bond donors (Lipinski definition) is 1. The Kier molecular flexibility index (Phi) is 4.92. The minimum Gasteiger partial charge on any atom is -0.406 e. The Bertz CT molecular complexity index is 652. The van der Waals surface area contributed by atoms with Crippen molar-refractivity contribution >= 4 is 17.3 Å². The Morgan fingerprint density at radius 3 is 1.95 bits per heavy atom. The number of hydrazone groups is 1. The predicted octanol–water partition coefficient (Wildman–Crippen LogP) is 4.21. The molecular weight excluding hydrogens is 317 g/mol. The number of alkyl halides is 3. The van der Waals surface area contributed by atoms with Crippen LogP contribution >= 0.6 is 11.6 Å². The van der Waals surface area contributed by atoms with Crippen LogP contribution in [0.3, 0.4) is 0 Å². The molecule has 0 saturated carbocycles. The summed E-state index contributed by atoms with van der Waals surface area (Å²) >= 11 is 5.84. The monoisotopic (exact) mass is 328 g/mol. The van der Waals surface area contributed by atoms with E-state index >= 15 is 0 Å². The van der Waals surface area contributed by atoms with Crippen molar-refractivity contribution in [1.82, 2.24) is 5.43 Å². The highest BCUT2D eigenvalue weighted by Gasteiger charge is 2.31. The second-order valence-corrected chi connectivity index (χ2v) is 4.70. The molecule has 0 spiro atoms. The Morgan fingerprint density at radius 2 is 1.50 bits per heavy atom. The lowest BCUT2D eigenvalue weighted by Gasteiger charge is -2.11. The van der Waals surface area contributed by atoms with Gasteiger partial charge in [-0.15, -0.1) is 13.2 Å². The summed E-state index contributed by atoms with van der Waals surface area (Å²) in [4.78, 5) is 0. The maximum Gasteiger partial charge on any atom is 0.573 e. The molecule has 0 bridgehead atoms. The Balaban J connectivity index is 2.30. The second kappa shape index (κ2) is 6.70. The molecule has 0 aliphatic rings. The summed E-state index contributed by atoms with van der Waals surface area (Å²) in [5, 5.41) is 4.74. The molecule has 2 rings (SSSR count). The molecule has 0 heterocycles.